The fourth-order valence-electron chi connectivity index (χ4n) is 5.56. The van der Waals surface area contributed by atoms with Gasteiger partial charge in [0.05, 0.1) is 45.9 Å². The number of alkyl halides is 3. The number of hydrogen-bond donors (Lipinski definition) is 1. The van der Waals surface area contributed by atoms with Crippen molar-refractivity contribution in [3.8, 4) is 0 Å². The SMILES string of the molecule is O=C(CN(C(=O)c1cnn(C2CCC(C(=O)O)CC2)c1C(F)(F)F)C1CCCCC1)c1c(Cl)cccc1Cl. The van der Waals surface area contributed by atoms with Gasteiger partial charge in [-0.15, -0.1) is 0 Å². The van der Waals surface area contributed by atoms with Crippen LogP contribution in [0.4, 0.5) is 13.2 Å². The summed E-state index contributed by atoms with van der Waals surface area (Å²) < 4.78 is 43.9. The second-order valence-electron chi connectivity index (χ2n) is 9.94. The second-order valence-corrected chi connectivity index (χ2v) is 10.8. The van der Waals surface area contributed by atoms with Crippen LogP contribution in [-0.2, 0) is 11.0 Å². The Hall–Kier alpha value is -2.59. The maximum absolute atomic E-state index is 14.4. The van der Waals surface area contributed by atoms with E-state index in [4.69, 9.17) is 23.2 Å². The molecule has 2 aliphatic rings. The number of halogens is 5. The summed E-state index contributed by atoms with van der Waals surface area (Å²) in [6.07, 6.45) is 0.499. The van der Waals surface area contributed by atoms with Crippen LogP contribution in [0, 0.1) is 5.92 Å². The Morgan fingerprint density at radius 1 is 1.00 bits per heavy atom. The number of carboxylic acids is 1. The number of carbonyl (C=O) groups excluding carboxylic acids is 2. The Labute approximate surface area is 227 Å². The average Bonchev–Trinajstić information content (AvgIpc) is 3.33. The molecule has 7 nitrogen and oxygen atoms in total. The van der Waals surface area contributed by atoms with E-state index in [1.54, 1.807) is 6.07 Å². The smallest absolute Gasteiger partial charge is 0.433 e. The van der Waals surface area contributed by atoms with Gasteiger partial charge in [-0.05, 0) is 50.7 Å². The number of Topliss-reactive ketones (excluding diaryl/α,β-unsaturated/α-hetero) is 1. The standard InChI is InChI=1S/C26H28Cl2F3N3O4/c27-19-7-4-8-20(28)22(19)21(35)14-33(16-5-2-1-3-6-16)24(36)18-13-32-34(23(18)26(29,30)31)17-11-9-15(10-12-17)25(37)38/h4,7-8,13,15-17H,1-3,5-6,9-12,14H2,(H,37,38). The molecule has 38 heavy (non-hydrogen) atoms. The molecule has 1 N–H and O–H groups in total. The van der Waals surface area contributed by atoms with Gasteiger partial charge in [0, 0.05) is 6.04 Å². The van der Waals surface area contributed by atoms with Crippen molar-refractivity contribution in [2.24, 2.45) is 5.92 Å². The molecule has 206 valence electrons. The lowest BCUT2D eigenvalue weighted by Gasteiger charge is -2.34. The van der Waals surface area contributed by atoms with Gasteiger partial charge in [-0.3, -0.25) is 19.1 Å². The first-order valence-corrected chi connectivity index (χ1v) is 13.4. The van der Waals surface area contributed by atoms with Crippen LogP contribution in [0.2, 0.25) is 10.0 Å². The van der Waals surface area contributed by atoms with Gasteiger partial charge >= 0.3 is 12.1 Å². The van der Waals surface area contributed by atoms with Crippen LogP contribution in [0.15, 0.2) is 24.4 Å². The van der Waals surface area contributed by atoms with Crippen molar-refractivity contribution >= 4 is 40.9 Å². The number of nitrogens with zero attached hydrogens (tertiary/aromatic N) is 3. The Balaban J connectivity index is 1.68. The molecule has 2 aliphatic carbocycles. The topological polar surface area (TPSA) is 92.5 Å². The Bertz CT molecular complexity index is 1180. The summed E-state index contributed by atoms with van der Waals surface area (Å²) >= 11 is 12.4. The fourth-order valence-corrected chi connectivity index (χ4v) is 6.17. The normalized spacial score (nSPS) is 20.8. The molecule has 2 aromatic rings. The first-order chi connectivity index (χ1) is 18.0. The number of benzene rings is 1. The van der Waals surface area contributed by atoms with Gasteiger partial charge < -0.3 is 10.0 Å². The van der Waals surface area contributed by atoms with Crippen LogP contribution in [0.1, 0.15) is 90.2 Å². The zero-order chi connectivity index (χ0) is 27.6. The quantitative estimate of drug-likeness (QED) is 0.373. The molecule has 2 fully saturated rings. The average molecular weight is 574 g/mol. The Kier molecular flexibility index (Phi) is 8.72. The Morgan fingerprint density at radius 2 is 1.61 bits per heavy atom. The summed E-state index contributed by atoms with van der Waals surface area (Å²) in [4.78, 5) is 39.5. The van der Waals surface area contributed by atoms with Crippen LogP contribution in [0.3, 0.4) is 0 Å². The summed E-state index contributed by atoms with van der Waals surface area (Å²) in [5, 5.41) is 13.4. The molecule has 1 heterocycles. The highest BCUT2D eigenvalue weighted by molar-refractivity contribution is 6.40. The summed E-state index contributed by atoms with van der Waals surface area (Å²) in [6, 6.07) is 3.43. The predicted molar refractivity (Wildman–Crippen MR) is 135 cm³/mol. The van der Waals surface area contributed by atoms with Gasteiger partial charge in [-0.1, -0.05) is 48.5 Å². The maximum atomic E-state index is 14.4. The zero-order valence-corrected chi connectivity index (χ0v) is 22.0. The molecule has 1 aromatic heterocycles. The fraction of sp³-hybridized carbons (Fsp3) is 0.538. The van der Waals surface area contributed by atoms with Crippen LogP contribution >= 0.6 is 23.2 Å². The first-order valence-electron chi connectivity index (χ1n) is 12.6. The van der Waals surface area contributed by atoms with Crippen LogP contribution in [0.25, 0.3) is 0 Å². The number of carboxylic acid groups (broad SMARTS) is 1. The lowest BCUT2D eigenvalue weighted by molar-refractivity contribution is -0.147. The van der Waals surface area contributed by atoms with E-state index >= 15 is 0 Å². The zero-order valence-electron chi connectivity index (χ0n) is 20.5. The van der Waals surface area contributed by atoms with Crippen molar-refractivity contribution in [3.63, 3.8) is 0 Å². The number of ketones is 1. The molecule has 0 aliphatic heterocycles. The molecular weight excluding hydrogens is 546 g/mol. The third kappa shape index (κ3) is 6.01. The maximum Gasteiger partial charge on any atom is 0.433 e. The molecule has 2 saturated carbocycles. The van der Waals surface area contributed by atoms with Crippen LogP contribution < -0.4 is 0 Å². The predicted octanol–water partition coefficient (Wildman–Crippen LogP) is 6.68. The van der Waals surface area contributed by atoms with E-state index in [-0.39, 0.29) is 41.3 Å². The summed E-state index contributed by atoms with van der Waals surface area (Å²) in [6.45, 7) is -0.473. The van der Waals surface area contributed by atoms with E-state index in [0.717, 1.165) is 30.1 Å². The van der Waals surface area contributed by atoms with Crippen molar-refractivity contribution in [1.82, 2.24) is 14.7 Å². The minimum absolute atomic E-state index is 0.0198. The van der Waals surface area contributed by atoms with Gasteiger partial charge in [0.15, 0.2) is 11.5 Å². The molecule has 1 aromatic carbocycles. The number of aliphatic carboxylic acids is 1. The minimum Gasteiger partial charge on any atom is -0.481 e. The first kappa shape index (κ1) is 28.4. The van der Waals surface area contributed by atoms with E-state index in [1.807, 2.05) is 0 Å². The molecule has 4 rings (SSSR count). The van der Waals surface area contributed by atoms with Gasteiger partial charge in [0.1, 0.15) is 0 Å². The highest BCUT2D eigenvalue weighted by Gasteiger charge is 2.44. The lowest BCUT2D eigenvalue weighted by atomic mass is 9.86. The number of carbonyl (C=O) groups is 3. The molecule has 0 bridgehead atoms. The highest BCUT2D eigenvalue weighted by Crippen LogP contribution is 2.39. The van der Waals surface area contributed by atoms with Crippen LogP contribution in [0.5, 0.6) is 0 Å². The second kappa shape index (κ2) is 11.7. The van der Waals surface area contributed by atoms with E-state index in [2.05, 4.69) is 5.10 Å². The number of aromatic nitrogens is 2. The van der Waals surface area contributed by atoms with Crippen molar-refractivity contribution in [1.29, 1.82) is 0 Å². The number of amides is 1. The number of hydrogen-bond acceptors (Lipinski definition) is 4. The van der Waals surface area contributed by atoms with Crippen molar-refractivity contribution in [2.45, 2.75) is 76.0 Å². The van der Waals surface area contributed by atoms with Gasteiger partial charge in [0.25, 0.3) is 5.91 Å². The summed E-state index contributed by atoms with van der Waals surface area (Å²) in [7, 11) is 0. The molecule has 0 atom stereocenters. The van der Waals surface area contributed by atoms with Gasteiger partial charge in [-0.2, -0.15) is 18.3 Å². The third-order valence-electron chi connectivity index (χ3n) is 7.52. The molecule has 1 amide bonds. The van der Waals surface area contributed by atoms with Crippen molar-refractivity contribution in [2.75, 3.05) is 6.54 Å². The van der Waals surface area contributed by atoms with Crippen molar-refractivity contribution < 1.29 is 32.7 Å². The summed E-state index contributed by atoms with van der Waals surface area (Å²) in [5.41, 5.74) is -1.78. The molecule has 0 saturated heterocycles. The van der Waals surface area contributed by atoms with E-state index in [0.29, 0.717) is 12.8 Å². The molecule has 0 radical (unpaired) electrons. The Morgan fingerprint density at radius 3 is 2.16 bits per heavy atom. The van der Waals surface area contributed by atoms with E-state index in [1.165, 1.54) is 17.0 Å². The van der Waals surface area contributed by atoms with E-state index < -0.39 is 59.6 Å². The molecular formula is C26H28Cl2F3N3O4. The largest absolute Gasteiger partial charge is 0.481 e. The monoisotopic (exact) mass is 573 g/mol. The number of rotatable bonds is 7. The van der Waals surface area contributed by atoms with Crippen LogP contribution in [-0.4, -0.2) is 50.0 Å². The molecule has 12 heteroatoms. The van der Waals surface area contributed by atoms with Gasteiger partial charge in [0.2, 0.25) is 0 Å². The summed E-state index contributed by atoms with van der Waals surface area (Å²) in [5.74, 6) is -3.07. The molecule has 0 unspecified atom stereocenters. The highest BCUT2D eigenvalue weighted by atomic mass is 35.5. The molecule has 0 spiro atoms. The van der Waals surface area contributed by atoms with Crippen molar-refractivity contribution in [3.05, 3.63) is 51.3 Å². The van der Waals surface area contributed by atoms with E-state index in [9.17, 15) is 32.7 Å². The minimum atomic E-state index is -4.89. The lowest BCUT2D eigenvalue weighted by Crippen LogP contribution is -2.45. The third-order valence-corrected chi connectivity index (χ3v) is 8.15. The van der Waals surface area contributed by atoms with Gasteiger partial charge in [-0.25, -0.2) is 0 Å².